The van der Waals surface area contributed by atoms with Crippen LogP contribution < -0.4 is 0 Å². The maximum Gasteiger partial charge on any atom is 0.256 e. The number of rotatable bonds is 8. The Bertz CT molecular complexity index is 780. The van der Waals surface area contributed by atoms with Crippen molar-refractivity contribution in [1.29, 1.82) is 0 Å². The fourth-order valence-electron chi connectivity index (χ4n) is 3.97. The Labute approximate surface area is 172 Å². The van der Waals surface area contributed by atoms with Gasteiger partial charge in [0.2, 0.25) is 0 Å². The number of hydrogen-bond acceptors (Lipinski definition) is 4. The number of likely N-dealkylation sites (N-methyl/N-ethyl adjacent to an activating group) is 1. The lowest BCUT2D eigenvalue weighted by molar-refractivity contribution is -0.144. The van der Waals surface area contributed by atoms with Gasteiger partial charge < -0.3 is 9.64 Å². The molecule has 1 aliphatic rings. The van der Waals surface area contributed by atoms with Crippen molar-refractivity contribution in [3.63, 3.8) is 0 Å². The Morgan fingerprint density at radius 2 is 2.14 bits per heavy atom. The second-order valence-electron chi connectivity index (χ2n) is 7.27. The zero-order valence-electron chi connectivity index (χ0n) is 16.8. The third-order valence-corrected chi connectivity index (χ3v) is 5.72. The van der Waals surface area contributed by atoms with E-state index in [0.717, 1.165) is 31.5 Å². The number of amides is 1. The van der Waals surface area contributed by atoms with Crippen LogP contribution in [0.3, 0.4) is 0 Å². The molecule has 2 heterocycles. The molecule has 0 aliphatic carbocycles. The molecule has 1 aromatic carbocycles. The molecule has 28 heavy (non-hydrogen) atoms. The third kappa shape index (κ3) is 4.74. The van der Waals surface area contributed by atoms with E-state index >= 15 is 0 Å². The maximum atomic E-state index is 13.5. The third-order valence-electron chi connectivity index (χ3n) is 5.41. The summed E-state index contributed by atoms with van der Waals surface area (Å²) in [7, 11) is 3.41. The number of nitrogens with zero attached hydrogens (tertiary/aromatic N) is 4. The second-order valence-corrected chi connectivity index (χ2v) is 7.67. The van der Waals surface area contributed by atoms with E-state index in [1.54, 1.807) is 18.0 Å². The summed E-state index contributed by atoms with van der Waals surface area (Å²) in [5.74, 6) is -0.0571. The molecule has 0 radical (unpaired) electrons. The van der Waals surface area contributed by atoms with Gasteiger partial charge in [-0.25, -0.2) is 0 Å². The molecule has 1 aliphatic heterocycles. The predicted octanol–water partition coefficient (Wildman–Crippen LogP) is 3.27. The average molecular weight is 405 g/mol. The van der Waals surface area contributed by atoms with Crippen LogP contribution in [0.1, 0.15) is 37.1 Å². The van der Waals surface area contributed by atoms with E-state index in [4.69, 9.17) is 16.3 Å². The molecule has 1 aromatic heterocycles. The average Bonchev–Trinajstić information content (AvgIpc) is 3.27. The number of carbonyl (C=O) groups is 1. The molecule has 6 nitrogen and oxygen atoms in total. The summed E-state index contributed by atoms with van der Waals surface area (Å²) in [6.45, 7) is 5.26. The van der Waals surface area contributed by atoms with Gasteiger partial charge in [0.15, 0.2) is 6.10 Å². The van der Waals surface area contributed by atoms with Crippen molar-refractivity contribution in [3.05, 3.63) is 52.8 Å². The van der Waals surface area contributed by atoms with Crippen LogP contribution in [0.4, 0.5) is 0 Å². The van der Waals surface area contributed by atoms with Gasteiger partial charge in [0.25, 0.3) is 5.91 Å². The Balaban J connectivity index is 1.85. The molecule has 1 amide bonds. The molecular formula is C21H29ClN4O2. The van der Waals surface area contributed by atoms with Crippen LogP contribution in [0.5, 0.6) is 0 Å². The largest absolute Gasteiger partial charge is 0.367 e. The topological polar surface area (TPSA) is 50.6 Å². The van der Waals surface area contributed by atoms with Crippen molar-refractivity contribution < 1.29 is 9.53 Å². The number of halogens is 1. The first-order chi connectivity index (χ1) is 13.5. The highest BCUT2D eigenvalue weighted by Crippen LogP contribution is 2.25. The van der Waals surface area contributed by atoms with Gasteiger partial charge >= 0.3 is 0 Å². The normalized spacial score (nSPS) is 18.4. The molecule has 2 aromatic rings. The lowest BCUT2D eigenvalue weighted by Crippen LogP contribution is -2.44. The first-order valence-corrected chi connectivity index (χ1v) is 10.2. The van der Waals surface area contributed by atoms with Crippen molar-refractivity contribution in [2.75, 3.05) is 26.7 Å². The van der Waals surface area contributed by atoms with Crippen LogP contribution >= 0.6 is 11.6 Å². The van der Waals surface area contributed by atoms with E-state index in [-0.39, 0.29) is 5.91 Å². The number of likely N-dealkylation sites (tertiary alicyclic amines) is 1. The summed E-state index contributed by atoms with van der Waals surface area (Å²) in [6, 6.07) is 9.97. The number of methoxy groups -OCH3 is 1. The van der Waals surface area contributed by atoms with Gasteiger partial charge in [-0.3, -0.25) is 14.4 Å². The molecule has 1 saturated heterocycles. The van der Waals surface area contributed by atoms with E-state index < -0.39 is 6.10 Å². The van der Waals surface area contributed by atoms with E-state index in [2.05, 4.69) is 16.9 Å². The number of ether oxygens (including phenoxy) is 1. The molecule has 0 N–H and O–H groups in total. The first kappa shape index (κ1) is 20.8. The molecule has 0 saturated carbocycles. The summed E-state index contributed by atoms with van der Waals surface area (Å²) in [5.41, 5.74) is 1.56. The molecular weight excluding hydrogens is 376 g/mol. The number of benzene rings is 1. The summed E-state index contributed by atoms with van der Waals surface area (Å²) in [4.78, 5) is 17.8. The van der Waals surface area contributed by atoms with Gasteiger partial charge in [0.05, 0.1) is 11.6 Å². The number of carbonyl (C=O) groups excluding carboxylic acids is 1. The Morgan fingerprint density at radius 1 is 1.39 bits per heavy atom. The van der Waals surface area contributed by atoms with Gasteiger partial charge in [0, 0.05) is 32.9 Å². The van der Waals surface area contributed by atoms with Crippen LogP contribution in [0.25, 0.3) is 0 Å². The highest BCUT2D eigenvalue weighted by atomic mass is 35.5. The van der Waals surface area contributed by atoms with Gasteiger partial charge in [-0.05, 0) is 31.5 Å². The van der Waals surface area contributed by atoms with Gasteiger partial charge in [0.1, 0.15) is 5.69 Å². The number of hydrogen-bond donors (Lipinski definition) is 0. The molecule has 3 rings (SSSR count). The van der Waals surface area contributed by atoms with Crippen LogP contribution in [0, 0.1) is 0 Å². The number of aromatic nitrogens is 2. The van der Waals surface area contributed by atoms with Crippen LogP contribution in [0.15, 0.2) is 36.5 Å². The van der Waals surface area contributed by atoms with E-state index in [1.807, 2.05) is 42.3 Å². The standard InChI is InChI=1S/C21H29ClN4O2/c1-4-25-12-8-11-17(25)13-26(15-19-18(22)14-24(2)23-19)21(27)20(28-3)16-9-6-5-7-10-16/h5-7,9-10,14,17,20H,4,8,11-13,15H2,1-3H3/t17-,20+/m0/s1. The van der Waals surface area contributed by atoms with Crippen molar-refractivity contribution in [1.82, 2.24) is 19.6 Å². The van der Waals surface area contributed by atoms with E-state index in [0.29, 0.717) is 29.8 Å². The smallest absolute Gasteiger partial charge is 0.256 e. The van der Waals surface area contributed by atoms with Gasteiger partial charge in [-0.15, -0.1) is 0 Å². The predicted molar refractivity (Wildman–Crippen MR) is 110 cm³/mol. The van der Waals surface area contributed by atoms with Crippen molar-refractivity contribution in [2.24, 2.45) is 7.05 Å². The van der Waals surface area contributed by atoms with Crippen molar-refractivity contribution in [2.45, 2.75) is 38.5 Å². The second kappa shape index (κ2) is 9.54. The zero-order valence-corrected chi connectivity index (χ0v) is 17.6. The Morgan fingerprint density at radius 3 is 2.75 bits per heavy atom. The van der Waals surface area contributed by atoms with Gasteiger partial charge in [-0.1, -0.05) is 48.9 Å². The number of aryl methyl sites for hydroxylation is 1. The molecule has 0 spiro atoms. The van der Waals surface area contributed by atoms with E-state index in [1.165, 1.54) is 0 Å². The first-order valence-electron chi connectivity index (χ1n) is 9.82. The SMILES string of the molecule is CCN1CCC[C@H]1CN(Cc1nn(C)cc1Cl)C(=O)[C@H](OC)c1ccccc1. The Hall–Kier alpha value is -1.89. The molecule has 2 atom stereocenters. The molecule has 0 unspecified atom stereocenters. The minimum absolute atomic E-state index is 0.0571. The Kier molecular flexibility index (Phi) is 7.10. The lowest BCUT2D eigenvalue weighted by atomic mass is 10.1. The van der Waals surface area contributed by atoms with Crippen LogP contribution in [0.2, 0.25) is 5.02 Å². The fourth-order valence-corrected chi connectivity index (χ4v) is 4.21. The summed E-state index contributed by atoms with van der Waals surface area (Å²) >= 11 is 6.33. The molecule has 1 fully saturated rings. The van der Waals surface area contributed by atoms with Crippen LogP contribution in [-0.2, 0) is 23.1 Å². The minimum Gasteiger partial charge on any atom is -0.367 e. The fraction of sp³-hybridized carbons (Fsp3) is 0.524. The minimum atomic E-state index is -0.639. The van der Waals surface area contributed by atoms with Gasteiger partial charge in [-0.2, -0.15) is 5.10 Å². The molecule has 152 valence electrons. The highest BCUT2D eigenvalue weighted by Gasteiger charge is 2.32. The maximum absolute atomic E-state index is 13.5. The lowest BCUT2D eigenvalue weighted by Gasteiger charge is -2.32. The van der Waals surface area contributed by atoms with Crippen molar-refractivity contribution >= 4 is 17.5 Å². The summed E-state index contributed by atoms with van der Waals surface area (Å²) < 4.78 is 7.29. The van der Waals surface area contributed by atoms with Crippen LogP contribution in [-0.4, -0.2) is 58.3 Å². The molecule has 7 heteroatoms. The monoisotopic (exact) mass is 404 g/mol. The highest BCUT2D eigenvalue weighted by molar-refractivity contribution is 6.31. The van der Waals surface area contributed by atoms with E-state index in [9.17, 15) is 4.79 Å². The quantitative estimate of drug-likeness (QED) is 0.677. The summed E-state index contributed by atoms with van der Waals surface area (Å²) in [6.07, 6.45) is 3.38. The zero-order chi connectivity index (χ0) is 20.1. The molecule has 0 bridgehead atoms. The van der Waals surface area contributed by atoms with Crippen molar-refractivity contribution in [3.8, 4) is 0 Å². The summed E-state index contributed by atoms with van der Waals surface area (Å²) in [5, 5.41) is 5.02.